The van der Waals surface area contributed by atoms with Gasteiger partial charge in [0, 0.05) is 30.9 Å². The lowest BCUT2D eigenvalue weighted by atomic mass is 9.81. The fraction of sp³-hybridized carbons (Fsp3) is 0.600. The van der Waals surface area contributed by atoms with Crippen LogP contribution in [0.1, 0.15) is 56.8 Å². The molecule has 146 valence electrons. The van der Waals surface area contributed by atoms with E-state index in [1.165, 1.54) is 0 Å². The van der Waals surface area contributed by atoms with Crippen molar-refractivity contribution in [3.05, 3.63) is 29.8 Å². The first-order valence-electron chi connectivity index (χ1n) is 9.36. The molecule has 0 spiro atoms. The molecule has 1 heterocycles. The second-order valence-corrected chi connectivity index (χ2v) is 7.20. The van der Waals surface area contributed by atoms with Gasteiger partial charge in [-0.1, -0.05) is 20.8 Å². The van der Waals surface area contributed by atoms with Crippen molar-refractivity contribution >= 4 is 29.9 Å². The molecule has 6 heteroatoms. The summed E-state index contributed by atoms with van der Waals surface area (Å²) in [6.45, 7) is 8.17. The van der Waals surface area contributed by atoms with E-state index in [0.29, 0.717) is 36.6 Å². The summed E-state index contributed by atoms with van der Waals surface area (Å²) in [6.07, 6.45) is 3.54. The Morgan fingerprint density at radius 2 is 1.69 bits per heavy atom. The number of halogens is 1. The Balaban J connectivity index is 0.00000338. The number of carbonyl (C=O) groups is 2. The van der Waals surface area contributed by atoms with Gasteiger partial charge in [0.05, 0.1) is 5.41 Å². The van der Waals surface area contributed by atoms with E-state index >= 15 is 0 Å². The molecule has 1 fully saturated rings. The molecule has 0 bridgehead atoms. The van der Waals surface area contributed by atoms with Crippen molar-refractivity contribution in [3.63, 3.8) is 0 Å². The summed E-state index contributed by atoms with van der Waals surface area (Å²) >= 11 is 0. The molecular weight excluding hydrogens is 350 g/mol. The summed E-state index contributed by atoms with van der Waals surface area (Å²) in [5, 5.41) is 2.94. The zero-order valence-electron chi connectivity index (χ0n) is 16.1. The summed E-state index contributed by atoms with van der Waals surface area (Å²) in [7, 11) is 0. The van der Waals surface area contributed by atoms with Gasteiger partial charge in [0.2, 0.25) is 5.91 Å². The molecule has 0 unspecified atom stereocenters. The summed E-state index contributed by atoms with van der Waals surface area (Å²) in [5.74, 6) is 0.717. The maximum absolute atomic E-state index is 12.6. The zero-order chi connectivity index (χ0) is 18.4. The van der Waals surface area contributed by atoms with Crippen LogP contribution in [0.5, 0.6) is 0 Å². The number of amides is 2. The molecule has 0 saturated carbocycles. The molecule has 2 rings (SSSR count). The van der Waals surface area contributed by atoms with Gasteiger partial charge in [-0.3, -0.25) is 9.59 Å². The summed E-state index contributed by atoms with van der Waals surface area (Å²) in [4.78, 5) is 27.0. The third kappa shape index (κ3) is 4.98. The van der Waals surface area contributed by atoms with Crippen LogP contribution in [0.2, 0.25) is 0 Å². The number of carbonyl (C=O) groups excluding carboxylic acids is 2. The van der Waals surface area contributed by atoms with Crippen LogP contribution >= 0.6 is 12.4 Å². The standard InChI is InChI=1S/C20H31N3O2.ClH/c1-4-20(5-2,14-21)19(25)22-17-8-6-16(7-9-17)18(24)23-12-10-15(3)11-13-23;/h6-9,15H,4-5,10-14,21H2,1-3H3,(H,22,25);1H. The van der Waals surface area contributed by atoms with Crippen LogP contribution in [-0.4, -0.2) is 36.3 Å². The van der Waals surface area contributed by atoms with Crippen molar-refractivity contribution < 1.29 is 9.59 Å². The molecule has 3 N–H and O–H groups in total. The zero-order valence-corrected chi connectivity index (χ0v) is 16.9. The first-order chi connectivity index (χ1) is 12.0. The minimum Gasteiger partial charge on any atom is -0.339 e. The highest BCUT2D eigenvalue weighted by Crippen LogP contribution is 2.27. The van der Waals surface area contributed by atoms with Crippen molar-refractivity contribution in [1.82, 2.24) is 4.90 Å². The number of nitrogens with two attached hydrogens (primary N) is 1. The largest absolute Gasteiger partial charge is 0.339 e. The van der Waals surface area contributed by atoms with E-state index in [2.05, 4.69) is 12.2 Å². The first-order valence-corrected chi connectivity index (χ1v) is 9.36. The van der Waals surface area contributed by atoms with Crippen LogP contribution in [0.15, 0.2) is 24.3 Å². The minimum absolute atomic E-state index is 0. The SMILES string of the molecule is CCC(CC)(CN)C(=O)Nc1ccc(C(=O)N2CCC(C)CC2)cc1.Cl. The fourth-order valence-electron chi connectivity index (χ4n) is 3.31. The summed E-state index contributed by atoms with van der Waals surface area (Å²) < 4.78 is 0. The number of likely N-dealkylation sites (tertiary alicyclic amines) is 1. The van der Waals surface area contributed by atoms with E-state index in [1.54, 1.807) is 24.3 Å². The lowest BCUT2D eigenvalue weighted by Gasteiger charge is -2.30. The van der Waals surface area contributed by atoms with Gasteiger partial charge in [0.25, 0.3) is 5.91 Å². The topological polar surface area (TPSA) is 75.4 Å². The van der Waals surface area contributed by atoms with Crippen molar-refractivity contribution in [2.75, 3.05) is 25.0 Å². The van der Waals surface area contributed by atoms with E-state index in [1.807, 2.05) is 18.7 Å². The van der Waals surface area contributed by atoms with Gasteiger partial charge in [0.15, 0.2) is 0 Å². The molecular formula is C20H32ClN3O2. The van der Waals surface area contributed by atoms with Crippen LogP contribution in [0.3, 0.4) is 0 Å². The molecule has 0 aliphatic carbocycles. The Kier molecular flexibility index (Phi) is 8.57. The van der Waals surface area contributed by atoms with Gasteiger partial charge in [-0.15, -0.1) is 12.4 Å². The smallest absolute Gasteiger partial charge is 0.253 e. The van der Waals surface area contributed by atoms with Crippen LogP contribution in [0.25, 0.3) is 0 Å². The second-order valence-electron chi connectivity index (χ2n) is 7.20. The predicted molar refractivity (Wildman–Crippen MR) is 109 cm³/mol. The van der Waals surface area contributed by atoms with Gasteiger partial charge in [-0.25, -0.2) is 0 Å². The molecule has 5 nitrogen and oxygen atoms in total. The maximum atomic E-state index is 12.6. The van der Waals surface area contributed by atoms with E-state index < -0.39 is 5.41 Å². The Hall–Kier alpha value is -1.59. The van der Waals surface area contributed by atoms with Gasteiger partial charge < -0.3 is 16.0 Å². The van der Waals surface area contributed by atoms with Gasteiger partial charge in [-0.2, -0.15) is 0 Å². The number of anilines is 1. The van der Waals surface area contributed by atoms with Crippen LogP contribution in [-0.2, 0) is 4.79 Å². The lowest BCUT2D eigenvalue weighted by Crippen LogP contribution is -2.41. The molecule has 1 saturated heterocycles. The van der Waals surface area contributed by atoms with Crippen molar-refractivity contribution in [3.8, 4) is 0 Å². The van der Waals surface area contributed by atoms with E-state index in [-0.39, 0.29) is 24.2 Å². The monoisotopic (exact) mass is 381 g/mol. The Morgan fingerprint density at radius 3 is 2.15 bits per heavy atom. The van der Waals surface area contributed by atoms with Crippen LogP contribution < -0.4 is 11.1 Å². The number of benzene rings is 1. The molecule has 0 aromatic heterocycles. The summed E-state index contributed by atoms with van der Waals surface area (Å²) in [5.41, 5.74) is 6.67. The number of hydrogen-bond acceptors (Lipinski definition) is 3. The molecule has 0 radical (unpaired) electrons. The van der Waals surface area contributed by atoms with E-state index in [0.717, 1.165) is 25.9 Å². The fourth-order valence-corrected chi connectivity index (χ4v) is 3.31. The van der Waals surface area contributed by atoms with Crippen LogP contribution in [0, 0.1) is 11.3 Å². The Labute approximate surface area is 163 Å². The van der Waals surface area contributed by atoms with Gasteiger partial charge in [0.1, 0.15) is 0 Å². The number of piperidine rings is 1. The van der Waals surface area contributed by atoms with Crippen molar-refractivity contribution in [2.24, 2.45) is 17.1 Å². The number of nitrogens with zero attached hydrogens (tertiary/aromatic N) is 1. The molecule has 1 aromatic carbocycles. The molecule has 1 aliphatic rings. The van der Waals surface area contributed by atoms with E-state index in [9.17, 15) is 9.59 Å². The molecule has 2 amide bonds. The van der Waals surface area contributed by atoms with Crippen molar-refractivity contribution in [2.45, 2.75) is 46.5 Å². The number of rotatable bonds is 6. The van der Waals surface area contributed by atoms with Crippen molar-refractivity contribution in [1.29, 1.82) is 0 Å². The third-order valence-electron chi connectivity index (χ3n) is 5.69. The first kappa shape index (κ1) is 22.5. The summed E-state index contributed by atoms with van der Waals surface area (Å²) in [6, 6.07) is 7.17. The lowest BCUT2D eigenvalue weighted by molar-refractivity contribution is -0.125. The minimum atomic E-state index is -0.529. The van der Waals surface area contributed by atoms with Crippen LogP contribution in [0.4, 0.5) is 5.69 Å². The maximum Gasteiger partial charge on any atom is 0.253 e. The molecule has 1 aromatic rings. The highest BCUT2D eigenvalue weighted by atomic mass is 35.5. The average Bonchev–Trinajstić information content (AvgIpc) is 2.64. The molecule has 1 aliphatic heterocycles. The average molecular weight is 382 g/mol. The Morgan fingerprint density at radius 1 is 1.15 bits per heavy atom. The van der Waals surface area contributed by atoms with Gasteiger partial charge >= 0.3 is 0 Å². The van der Waals surface area contributed by atoms with Gasteiger partial charge in [-0.05, 0) is 55.9 Å². The highest BCUT2D eigenvalue weighted by molar-refractivity contribution is 5.97. The second kappa shape index (κ2) is 9.93. The predicted octanol–water partition coefficient (Wildman–Crippen LogP) is 3.68. The quantitative estimate of drug-likeness (QED) is 0.789. The molecule has 26 heavy (non-hydrogen) atoms. The normalized spacial score (nSPS) is 15.3. The highest BCUT2D eigenvalue weighted by Gasteiger charge is 2.33. The molecule has 0 atom stereocenters. The third-order valence-corrected chi connectivity index (χ3v) is 5.69. The van der Waals surface area contributed by atoms with E-state index in [4.69, 9.17) is 5.73 Å². The number of hydrogen-bond donors (Lipinski definition) is 2. The Bertz CT molecular complexity index is 583. The number of nitrogens with one attached hydrogen (secondary N) is 1.